The summed E-state index contributed by atoms with van der Waals surface area (Å²) < 4.78 is 26.1. The third-order valence-corrected chi connectivity index (χ3v) is 16.2. The molecule has 0 bridgehead atoms. The topological polar surface area (TPSA) is 36.9 Å². The average molecular weight is 1240 g/mol. The van der Waals surface area contributed by atoms with Crippen LogP contribution < -0.4 is 18.9 Å². The van der Waals surface area contributed by atoms with Gasteiger partial charge in [0.05, 0.1) is 26.4 Å². The average Bonchev–Trinajstić information content (AvgIpc) is 3.34. The zero-order chi connectivity index (χ0) is 51.8. The quantitative estimate of drug-likeness (QED) is 0.0234. The van der Waals surface area contributed by atoms with E-state index in [1.54, 1.807) is 0 Å². The molecule has 0 aliphatic heterocycles. The molecule has 0 amide bonds. The summed E-state index contributed by atoms with van der Waals surface area (Å²) in [5, 5.41) is 4.25. The first kappa shape index (κ1) is 60.1. The largest absolute Gasteiger partial charge is 0.493 e. The number of benzene rings is 5. The first-order chi connectivity index (χ1) is 34.9. The summed E-state index contributed by atoms with van der Waals surface area (Å²) in [4.78, 5) is 0. The highest BCUT2D eigenvalue weighted by atomic mass is 79.9. The molecule has 5 rings (SSSR count). The molecule has 394 valence electrons. The van der Waals surface area contributed by atoms with E-state index in [1.807, 2.05) is 0 Å². The lowest BCUT2D eigenvalue weighted by atomic mass is 9.79. The molecule has 0 spiro atoms. The zero-order valence-corrected chi connectivity index (χ0v) is 51.5. The monoisotopic (exact) mass is 1230 g/mol. The maximum atomic E-state index is 6.52. The molecule has 5 aromatic rings. The molecule has 5 aromatic carbocycles. The molecule has 0 aliphatic rings. The summed E-state index contributed by atoms with van der Waals surface area (Å²) in [5.41, 5.74) is 17.1. The molecule has 0 N–H and O–H groups in total. The summed E-state index contributed by atoms with van der Waals surface area (Å²) in [6.45, 7) is 20.7. The van der Waals surface area contributed by atoms with Gasteiger partial charge >= 0.3 is 0 Å². The Balaban J connectivity index is 1.56. The zero-order valence-electron chi connectivity index (χ0n) is 45.2. The van der Waals surface area contributed by atoms with E-state index in [4.69, 9.17) is 18.9 Å². The Bertz CT molecular complexity index is 1990. The molecule has 0 radical (unpaired) electrons. The van der Waals surface area contributed by atoms with Crippen LogP contribution in [0, 0.1) is 55.4 Å². The molecule has 0 unspecified atom stereocenters. The van der Waals surface area contributed by atoms with Gasteiger partial charge in [0.1, 0.15) is 23.0 Å². The van der Waals surface area contributed by atoms with Crippen LogP contribution in [0.1, 0.15) is 192 Å². The molecular weight excluding hydrogens is 1150 g/mol. The van der Waals surface area contributed by atoms with Crippen molar-refractivity contribution in [3.63, 3.8) is 0 Å². The Morgan fingerprint density at radius 2 is 0.444 bits per heavy atom. The number of rotatable bonds is 34. The first-order valence-corrected chi connectivity index (χ1v) is 31.7. The van der Waals surface area contributed by atoms with Gasteiger partial charge in [0.15, 0.2) is 0 Å². The van der Waals surface area contributed by atoms with E-state index in [-0.39, 0.29) is 11.8 Å². The summed E-state index contributed by atoms with van der Waals surface area (Å²) in [6, 6.07) is 28.5. The summed E-state index contributed by atoms with van der Waals surface area (Å²) in [6.07, 6.45) is 18.7. The van der Waals surface area contributed by atoms with Crippen molar-refractivity contribution >= 4 is 63.7 Å². The fourth-order valence-corrected chi connectivity index (χ4v) is 12.0. The molecule has 4 nitrogen and oxygen atoms in total. The lowest BCUT2D eigenvalue weighted by Crippen LogP contribution is -2.10. The molecule has 0 saturated carbocycles. The van der Waals surface area contributed by atoms with Crippen LogP contribution >= 0.6 is 63.7 Å². The second kappa shape index (κ2) is 32.6. The Labute approximate surface area is 470 Å². The molecule has 72 heavy (non-hydrogen) atoms. The predicted octanol–water partition coefficient (Wildman–Crippen LogP) is 19.9. The van der Waals surface area contributed by atoms with E-state index in [0.717, 1.165) is 96.4 Å². The minimum Gasteiger partial charge on any atom is -0.493 e. The predicted molar refractivity (Wildman–Crippen MR) is 323 cm³/mol. The number of hydrogen-bond acceptors (Lipinski definition) is 4. The number of unbranched alkanes of at least 4 members (excludes halogenated alkanes) is 12. The second-order valence-electron chi connectivity index (χ2n) is 20.3. The van der Waals surface area contributed by atoms with Crippen molar-refractivity contribution in [1.82, 2.24) is 0 Å². The number of halogens is 4. The van der Waals surface area contributed by atoms with Crippen LogP contribution in [0.15, 0.2) is 72.8 Å². The third kappa shape index (κ3) is 18.2. The van der Waals surface area contributed by atoms with Crippen molar-refractivity contribution in [2.45, 2.75) is 170 Å². The van der Waals surface area contributed by atoms with Crippen molar-refractivity contribution in [1.29, 1.82) is 0 Å². The molecule has 0 aliphatic carbocycles. The van der Waals surface area contributed by atoms with Crippen LogP contribution in [0.3, 0.4) is 0 Å². The third-order valence-electron chi connectivity index (χ3n) is 14.0. The van der Waals surface area contributed by atoms with Gasteiger partial charge in [-0.2, -0.15) is 0 Å². The van der Waals surface area contributed by atoms with Gasteiger partial charge in [0.2, 0.25) is 0 Å². The van der Waals surface area contributed by atoms with Crippen LogP contribution in [0.4, 0.5) is 0 Å². The van der Waals surface area contributed by atoms with Crippen LogP contribution in [-0.4, -0.2) is 47.7 Å². The SMILES string of the molecule is Cc1cc(C(c2ccc(C(c3cc(C)c(OCCCCCCBr)c(C)c3)c3cc(C)c(OCCCCCCBr)c(C)c3)cc2)c2cc(C)c(OCCCCCCBr)c(C)c2)cc(C)c1OCCCCCCBr. The fraction of sp³-hybridized carbons (Fsp3) is 0.531. The number of aryl methyl sites for hydroxylation is 8. The van der Waals surface area contributed by atoms with Crippen LogP contribution in [0.2, 0.25) is 0 Å². The van der Waals surface area contributed by atoms with Crippen LogP contribution in [0.5, 0.6) is 23.0 Å². The van der Waals surface area contributed by atoms with Crippen LogP contribution in [0.25, 0.3) is 0 Å². The summed E-state index contributed by atoms with van der Waals surface area (Å²) in [7, 11) is 0. The number of hydrogen-bond donors (Lipinski definition) is 0. The van der Waals surface area contributed by atoms with E-state index in [1.165, 1.54) is 155 Å². The molecule has 0 aromatic heterocycles. The van der Waals surface area contributed by atoms with Gasteiger partial charge < -0.3 is 18.9 Å². The van der Waals surface area contributed by atoms with Gasteiger partial charge in [-0.1, -0.05) is 188 Å². The summed E-state index contributed by atoms with van der Waals surface area (Å²) in [5.74, 6) is 4.08. The Hall–Kier alpha value is -2.78. The van der Waals surface area contributed by atoms with E-state index < -0.39 is 0 Å². The van der Waals surface area contributed by atoms with Gasteiger partial charge in [-0.25, -0.2) is 0 Å². The lowest BCUT2D eigenvalue weighted by Gasteiger charge is -2.26. The molecule has 0 atom stereocenters. The van der Waals surface area contributed by atoms with Crippen molar-refractivity contribution in [3.05, 3.63) is 151 Å². The number of alkyl halides is 4. The highest BCUT2D eigenvalue weighted by Gasteiger charge is 2.25. The fourth-order valence-electron chi connectivity index (χ4n) is 10.4. The molecule has 0 heterocycles. The molecule has 0 fully saturated rings. The van der Waals surface area contributed by atoms with Gasteiger partial charge in [-0.05, 0) is 185 Å². The molecular formula is C64H86Br4O4. The Morgan fingerprint density at radius 3 is 0.625 bits per heavy atom. The maximum Gasteiger partial charge on any atom is 0.125 e. The van der Waals surface area contributed by atoms with Gasteiger partial charge in [0.25, 0.3) is 0 Å². The van der Waals surface area contributed by atoms with Crippen molar-refractivity contribution in [2.24, 2.45) is 0 Å². The minimum absolute atomic E-state index is 0.00434. The smallest absolute Gasteiger partial charge is 0.125 e. The standard InChI is InChI=1S/C64H86Br4O4/c1-45-37-55(38-46(2)61(45)69-33-21-13-9-17-29-65)59(56-39-47(3)62(48(4)40-56)70-34-22-14-10-18-30-66)53-25-27-54(28-26-53)60(57-41-49(5)63(50(6)42-57)71-35-23-15-11-19-31-67)58-43-51(7)64(52(8)44-58)72-36-24-16-12-20-32-68/h25-28,37-44,59-60H,9-24,29-36H2,1-8H3. The highest BCUT2D eigenvalue weighted by Crippen LogP contribution is 2.42. The maximum absolute atomic E-state index is 6.52. The Morgan fingerprint density at radius 1 is 0.264 bits per heavy atom. The normalized spacial score (nSPS) is 11.5. The van der Waals surface area contributed by atoms with Gasteiger partial charge in [0, 0.05) is 33.2 Å². The van der Waals surface area contributed by atoms with E-state index >= 15 is 0 Å². The highest BCUT2D eigenvalue weighted by molar-refractivity contribution is 9.09. The molecule has 8 heteroatoms. The van der Waals surface area contributed by atoms with E-state index in [9.17, 15) is 0 Å². The van der Waals surface area contributed by atoms with Crippen LogP contribution in [-0.2, 0) is 0 Å². The van der Waals surface area contributed by atoms with Crippen molar-refractivity contribution < 1.29 is 18.9 Å². The second-order valence-corrected chi connectivity index (χ2v) is 23.4. The van der Waals surface area contributed by atoms with E-state index in [0.29, 0.717) is 0 Å². The van der Waals surface area contributed by atoms with Crippen molar-refractivity contribution in [3.8, 4) is 23.0 Å². The Kier molecular flexibility index (Phi) is 27.2. The summed E-state index contributed by atoms with van der Waals surface area (Å²) >= 11 is 14.3. The van der Waals surface area contributed by atoms with Gasteiger partial charge in [-0.3, -0.25) is 0 Å². The molecule has 0 saturated heterocycles. The van der Waals surface area contributed by atoms with E-state index in [2.05, 4.69) is 192 Å². The van der Waals surface area contributed by atoms with Crippen molar-refractivity contribution in [2.75, 3.05) is 47.7 Å². The lowest BCUT2D eigenvalue weighted by molar-refractivity contribution is 0.301. The first-order valence-electron chi connectivity index (χ1n) is 27.2. The van der Waals surface area contributed by atoms with Gasteiger partial charge in [-0.15, -0.1) is 0 Å². The number of ether oxygens (including phenoxy) is 4. The minimum atomic E-state index is 0.00434.